The minimum absolute atomic E-state index is 0.102. The first-order valence-electron chi connectivity index (χ1n) is 6.99. The van der Waals surface area contributed by atoms with Crippen LogP contribution in [-0.2, 0) is 16.1 Å². The highest BCUT2D eigenvalue weighted by Crippen LogP contribution is 2.15. The fourth-order valence-corrected chi connectivity index (χ4v) is 2.03. The molecule has 1 N–H and O–H groups in total. The van der Waals surface area contributed by atoms with Crippen LogP contribution in [0.15, 0.2) is 47.1 Å². The molecule has 0 saturated heterocycles. The molecule has 7 heteroatoms. The first kappa shape index (κ1) is 16.9. The Balaban J connectivity index is 2.03. The number of ether oxygens (including phenoxy) is 1. The van der Waals surface area contributed by atoms with Gasteiger partial charge in [0.05, 0.1) is 26.3 Å². The number of halogens is 1. The second kappa shape index (κ2) is 8.24. The van der Waals surface area contributed by atoms with E-state index in [0.717, 1.165) is 0 Å². The summed E-state index contributed by atoms with van der Waals surface area (Å²) in [5.41, 5.74) is 0.613. The largest absolute Gasteiger partial charge is 0.469 e. The summed E-state index contributed by atoms with van der Waals surface area (Å²) in [7, 11) is 1.31. The topological polar surface area (TPSA) is 71.8 Å². The number of nitrogens with one attached hydrogen (secondary N) is 1. The number of nitrogens with zero attached hydrogens (tertiary/aromatic N) is 1. The number of benzene rings is 1. The van der Waals surface area contributed by atoms with Gasteiger partial charge < -0.3 is 19.4 Å². The number of carbonyl (C=O) groups is 2. The Morgan fingerprint density at radius 1 is 1.26 bits per heavy atom. The van der Waals surface area contributed by atoms with Crippen molar-refractivity contribution < 1.29 is 18.7 Å². The van der Waals surface area contributed by atoms with E-state index in [1.165, 1.54) is 18.3 Å². The van der Waals surface area contributed by atoms with E-state index in [9.17, 15) is 9.59 Å². The SMILES string of the molecule is COC(=O)CCN(Cc1ccco1)C(=O)Nc1ccc(Cl)cc1. The summed E-state index contributed by atoms with van der Waals surface area (Å²) in [5, 5.41) is 3.34. The van der Waals surface area contributed by atoms with Gasteiger partial charge in [0.25, 0.3) is 0 Å². The highest BCUT2D eigenvalue weighted by atomic mass is 35.5. The average molecular weight is 337 g/mol. The molecule has 0 radical (unpaired) electrons. The first-order chi connectivity index (χ1) is 11.1. The molecule has 0 aliphatic carbocycles. The fraction of sp³-hybridized carbons (Fsp3) is 0.250. The second-order valence-electron chi connectivity index (χ2n) is 4.76. The van der Waals surface area contributed by atoms with E-state index < -0.39 is 0 Å². The van der Waals surface area contributed by atoms with Gasteiger partial charge in [-0.2, -0.15) is 0 Å². The number of carbonyl (C=O) groups excluding carboxylic acids is 2. The Hall–Kier alpha value is -2.47. The van der Waals surface area contributed by atoms with Crippen molar-refractivity contribution in [2.45, 2.75) is 13.0 Å². The summed E-state index contributed by atoms with van der Waals surface area (Å²) in [6, 6.07) is 9.93. The van der Waals surface area contributed by atoms with Gasteiger partial charge in [0.15, 0.2) is 0 Å². The maximum absolute atomic E-state index is 12.4. The quantitative estimate of drug-likeness (QED) is 0.819. The number of anilines is 1. The van der Waals surface area contributed by atoms with Gasteiger partial charge in [-0.15, -0.1) is 0 Å². The molecular weight excluding hydrogens is 320 g/mol. The van der Waals surface area contributed by atoms with Crippen LogP contribution in [0.3, 0.4) is 0 Å². The van der Waals surface area contributed by atoms with Gasteiger partial charge in [-0.1, -0.05) is 11.6 Å². The molecule has 0 spiro atoms. The van der Waals surface area contributed by atoms with Crippen LogP contribution >= 0.6 is 11.6 Å². The Morgan fingerprint density at radius 2 is 2.00 bits per heavy atom. The van der Waals surface area contributed by atoms with E-state index in [4.69, 9.17) is 16.0 Å². The number of hydrogen-bond acceptors (Lipinski definition) is 4. The van der Waals surface area contributed by atoms with E-state index in [2.05, 4.69) is 10.1 Å². The van der Waals surface area contributed by atoms with Gasteiger partial charge in [0.2, 0.25) is 0 Å². The number of hydrogen-bond donors (Lipinski definition) is 1. The monoisotopic (exact) mass is 336 g/mol. The van der Waals surface area contributed by atoms with E-state index in [-0.39, 0.29) is 31.5 Å². The van der Waals surface area contributed by atoms with Crippen LogP contribution in [0, 0.1) is 0 Å². The molecule has 0 unspecified atom stereocenters. The number of methoxy groups -OCH3 is 1. The minimum atomic E-state index is -0.381. The summed E-state index contributed by atoms with van der Waals surface area (Å²) in [4.78, 5) is 25.2. The van der Waals surface area contributed by atoms with E-state index >= 15 is 0 Å². The second-order valence-corrected chi connectivity index (χ2v) is 5.20. The van der Waals surface area contributed by atoms with Crippen molar-refractivity contribution in [3.05, 3.63) is 53.4 Å². The molecule has 122 valence electrons. The van der Waals surface area contributed by atoms with Gasteiger partial charge in [-0.05, 0) is 36.4 Å². The zero-order valence-corrected chi connectivity index (χ0v) is 13.4. The maximum atomic E-state index is 12.4. The van der Waals surface area contributed by atoms with Crippen LogP contribution < -0.4 is 5.32 Å². The molecule has 1 heterocycles. The highest BCUT2D eigenvalue weighted by molar-refractivity contribution is 6.30. The van der Waals surface area contributed by atoms with Crippen LogP contribution in [0.1, 0.15) is 12.2 Å². The number of rotatable bonds is 6. The molecule has 1 aromatic carbocycles. The van der Waals surface area contributed by atoms with Crippen molar-refractivity contribution in [1.29, 1.82) is 0 Å². The molecule has 0 aliphatic heterocycles. The van der Waals surface area contributed by atoms with E-state index in [1.807, 2.05) is 0 Å². The van der Waals surface area contributed by atoms with Crippen molar-refractivity contribution in [2.24, 2.45) is 0 Å². The van der Waals surface area contributed by atoms with E-state index in [0.29, 0.717) is 16.5 Å². The van der Waals surface area contributed by atoms with Gasteiger partial charge in [-0.25, -0.2) is 4.79 Å². The van der Waals surface area contributed by atoms with Crippen molar-refractivity contribution in [3.63, 3.8) is 0 Å². The summed E-state index contributed by atoms with van der Waals surface area (Å²) in [6.45, 7) is 0.468. The molecule has 0 aliphatic rings. The summed E-state index contributed by atoms with van der Waals surface area (Å²) in [5.74, 6) is 0.245. The van der Waals surface area contributed by atoms with Crippen LogP contribution in [-0.4, -0.2) is 30.6 Å². The third-order valence-corrected chi connectivity index (χ3v) is 3.37. The maximum Gasteiger partial charge on any atom is 0.322 e. The Morgan fingerprint density at radius 3 is 2.61 bits per heavy atom. The molecule has 0 atom stereocenters. The molecule has 0 bridgehead atoms. The Bertz CT molecular complexity index is 641. The zero-order chi connectivity index (χ0) is 16.7. The first-order valence-corrected chi connectivity index (χ1v) is 7.37. The molecule has 2 rings (SSSR count). The highest BCUT2D eigenvalue weighted by Gasteiger charge is 2.17. The van der Waals surface area contributed by atoms with Crippen molar-refractivity contribution in [1.82, 2.24) is 4.90 Å². The standard InChI is InChI=1S/C16H17ClN2O4/c1-22-15(20)8-9-19(11-14-3-2-10-23-14)16(21)18-13-6-4-12(17)5-7-13/h2-7,10H,8-9,11H2,1H3,(H,18,21). The third-order valence-electron chi connectivity index (χ3n) is 3.12. The van der Waals surface area contributed by atoms with Gasteiger partial charge >= 0.3 is 12.0 Å². The van der Waals surface area contributed by atoms with Crippen LogP contribution in [0.25, 0.3) is 0 Å². The Kier molecular flexibility index (Phi) is 6.05. The lowest BCUT2D eigenvalue weighted by molar-refractivity contribution is -0.140. The smallest absolute Gasteiger partial charge is 0.322 e. The predicted octanol–water partition coefficient (Wildman–Crippen LogP) is 3.53. The number of amides is 2. The number of esters is 1. The van der Waals surface area contributed by atoms with Gasteiger partial charge in [-0.3, -0.25) is 4.79 Å². The van der Waals surface area contributed by atoms with E-state index in [1.54, 1.807) is 36.4 Å². The number of furan rings is 1. The molecule has 2 aromatic rings. The van der Waals surface area contributed by atoms with Crippen LogP contribution in [0.4, 0.5) is 10.5 Å². The van der Waals surface area contributed by atoms with Crippen LogP contribution in [0.2, 0.25) is 5.02 Å². The molecule has 1 aromatic heterocycles. The molecule has 0 saturated carbocycles. The van der Waals surface area contributed by atoms with Gasteiger partial charge in [0, 0.05) is 17.3 Å². The number of urea groups is 1. The van der Waals surface area contributed by atoms with Crippen LogP contribution in [0.5, 0.6) is 0 Å². The molecule has 23 heavy (non-hydrogen) atoms. The fourth-order valence-electron chi connectivity index (χ4n) is 1.91. The lowest BCUT2D eigenvalue weighted by atomic mass is 10.3. The lowest BCUT2D eigenvalue weighted by Crippen LogP contribution is -2.36. The minimum Gasteiger partial charge on any atom is -0.469 e. The third kappa shape index (κ3) is 5.34. The Labute approximate surface area is 139 Å². The molecule has 6 nitrogen and oxygen atoms in total. The molecule has 0 fully saturated rings. The average Bonchev–Trinajstić information content (AvgIpc) is 3.06. The van der Waals surface area contributed by atoms with Gasteiger partial charge in [0.1, 0.15) is 5.76 Å². The molecule has 2 amide bonds. The summed E-state index contributed by atoms with van der Waals surface area (Å²) < 4.78 is 9.87. The molecular formula is C16H17ClN2O4. The van der Waals surface area contributed by atoms with Crippen molar-refractivity contribution in [3.8, 4) is 0 Å². The lowest BCUT2D eigenvalue weighted by Gasteiger charge is -2.21. The zero-order valence-electron chi connectivity index (χ0n) is 12.6. The predicted molar refractivity (Wildman–Crippen MR) is 86.2 cm³/mol. The summed E-state index contributed by atoms with van der Waals surface area (Å²) in [6.07, 6.45) is 1.64. The van der Waals surface area contributed by atoms with Crippen molar-refractivity contribution >= 4 is 29.3 Å². The van der Waals surface area contributed by atoms with Crippen molar-refractivity contribution in [2.75, 3.05) is 19.0 Å². The normalized spacial score (nSPS) is 10.2. The summed E-state index contributed by atoms with van der Waals surface area (Å²) >= 11 is 5.82.